The van der Waals surface area contributed by atoms with Crippen molar-refractivity contribution in [2.75, 3.05) is 0 Å². The van der Waals surface area contributed by atoms with E-state index in [4.69, 9.17) is 0 Å². The summed E-state index contributed by atoms with van der Waals surface area (Å²) < 4.78 is 1.91. The maximum atomic E-state index is 4.47. The lowest BCUT2D eigenvalue weighted by atomic mass is 10.3. The first-order chi connectivity index (χ1) is 6.81. The van der Waals surface area contributed by atoms with Crippen LogP contribution in [0.4, 0.5) is 0 Å². The summed E-state index contributed by atoms with van der Waals surface area (Å²) in [5.41, 5.74) is 3.40. The summed E-state index contributed by atoms with van der Waals surface area (Å²) >= 11 is 3.42. The second-order valence-electron chi connectivity index (χ2n) is 3.17. The van der Waals surface area contributed by atoms with Crippen molar-refractivity contribution >= 4 is 15.9 Å². The highest BCUT2D eigenvalue weighted by Gasteiger charge is 2.03. The van der Waals surface area contributed by atoms with E-state index in [1.807, 2.05) is 41.2 Å². The number of aryl methyl sites for hydroxylation is 1. The van der Waals surface area contributed by atoms with Gasteiger partial charge in [0.25, 0.3) is 0 Å². The van der Waals surface area contributed by atoms with Crippen LogP contribution in [-0.4, -0.2) is 9.78 Å². The van der Waals surface area contributed by atoms with E-state index in [9.17, 15) is 0 Å². The van der Waals surface area contributed by atoms with Gasteiger partial charge in [-0.25, -0.2) is 4.68 Å². The van der Waals surface area contributed by atoms with Crippen LogP contribution in [0.25, 0.3) is 5.69 Å². The number of alkyl halides is 1. The predicted molar refractivity (Wildman–Crippen MR) is 60.9 cm³/mol. The van der Waals surface area contributed by atoms with Crippen molar-refractivity contribution in [3.63, 3.8) is 0 Å². The minimum absolute atomic E-state index is 0.804. The molecule has 0 atom stereocenters. The van der Waals surface area contributed by atoms with E-state index in [1.165, 1.54) is 5.56 Å². The molecule has 1 heterocycles. The van der Waals surface area contributed by atoms with Crippen molar-refractivity contribution in [1.29, 1.82) is 0 Å². The molecule has 0 aliphatic carbocycles. The van der Waals surface area contributed by atoms with Crippen molar-refractivity contribution in [2.45, 2.75) is 12.3 Å². The summed E-state index contributed by atoms with van der Waals surface area (Å²) in [6, 6.07) is 10.1. The number of aromatic nitrogens is 2. The normalized spacial score (nSPS) is 10.4. The van der Waals surface area contributed by atoms with E-state index in [0.717, 1.165) is 16.7 Å². The van der Waals surface area contributed by atoms with Crippen LogP contribution in [0.5, 0.6) is 0 Å². The molecule has 1 aromatic heterocycles. The van der Waals surface area contributed by atoms with E-state index < -0.39 is 0 Å². The molecule has 0 N–H and O–H groups in total. The first kappa shape index (κ1) is 9.46. The molecule has 0 fully saturated rings. The Labute approximate surface area is 91.7 Å². The third kappa shape index (κ3) is 1.73. The van der Waals surface area contributed by atoms with Crippen LogP contribution in [0.3, 0.4) is 0 Å². The third-order valence-corrected chi connectivity index (χ3v) is 2.68. The Morgan fingerprint density at radius 3 is 2.57 bits per heavy atom. The summed E-state index contributed by atoms with van der Waals surface area (Å²) in [5, 5.41) is 5.27. The predicted octanol–water partition coefficient (Wildman–Crippen LogP) is 3.08. The summed E-state index contributed by atoms with van der Waals surface area (Å²) in [6.07, 6.45) is 2.05. The number of hydrogen-bond acceptors (Lipinski definition) is 1. The summed E-state index contributed by atoms with van der Waals surface area (Å²) in [5.74, 6) is 0. The van der Waals surface area contributed by atoms with Crippen molar-refractivity contribution in [3.05, 3.63) is 47.8 Å². The average Bonchev–Trinajstić information content (AvgIpc) is 2.61. The molecule has 2 nitrogen and oxygen atoms in total. The molecular weight excluding hydrogens is 240 g/mol. The van der Waals surface area contributed by atoms with Crippen LogP contribution in [0, 0.1) is 6.92 Å². The molecule has 0 amide bonds. The Morgan fingerprint density at radius 1 is 1.29 bits per heavy atom. The van der Waals surface area contributed by atoms with E-state index in [-0.39, 0.29) is 0 Å². The molecule has 2 rings (SSSR count). The Balaban J connectivity index is 2.43. The Morgan fingerprint density at radius 2 is 2.00 bits per heavy atom. The lowest BCUT2D eigenvalue weighted by Gasteiger charge is -1.98. The van der Waals surface area contributed by atoms with Crippen LogP contribution < -0.4 is 0 Å². The first-order valence-electron chi connectivity index (χ1n) is 4.48. The standard InChI is InChI=1S/C11H11BrN2/c1-9-8-14(13-11(9)7-12)10-5-3-2-4-6-10/h2-6,8H,7H2,1H3. The van der Waals surface area contributed by atoms with Crippen molar-refractivity contribution in [3.8, 4) is 5.69 Å². The number of rotatable bonds is 2. The van der Waals surface area contributed by atoms with Gasteiger partial charge in [-0.2, -0.15) is 5.10 Å². The SMILES string of the molecule is Cc1cn(-c2ccccc2)nc1CBr. The minimum Gasteiger partial charge on any atom is -0.240 e. The van der Waals surface area contributed by atoms with E-state index >= 15 is 0 Å². The van der Waals surface area contributed by atoms with Gasteiger partial charge >= 0.3 is 0 Å². The second kappa shape index (κ2) is 3.96. The lowest BCUT2D eigenvalue weighted by molar-refractivity contribution is 0.860. The van der Waals surface area contributed by atoms with Crippen LogP contribution in [0.1, 0.15) is 11.3 Å². The highest BCUT2D eigenvalue weighted by molar-refractivity contribution is 9.08. The van der Waals surface area contributed by atoms with Crippen LogP contribution in [0.15, 0.2) is 36.5 Å². The minimum atomic E-state index is 0.804. The third-order valence-electron chi connectivity index (χ3n) is 2.15. The fraction of sp³-hybridized carbons (Fsp3) is 0.182. The van der Waals surface area contributed by atoms with E-state index in [1.54, 1.807) is 0 Å². The highest BCUT2D eigenvalue weighted by atomic mass is 79.9. The molecule has 3 heteroatoms. The van der Waals surface area contributed by atoms with Gasteiger partial charge < -0.3 is 0 Å². The first-order valence-corrected chi connectivity index (χ1v) is 5.60. The van der Waals surface area contributed by atoms with Gasteiger partial charge in [0.05, 0.1) is 11.4 Å². The molecule has 0 saturated carbocycles. The van der Waals surface area contributed by atoms with Gasteiger partial charge in [-0.3, -0.25) is 0 Å². The quantitative estimate of drug-likeness (QED) is 0.750. The van der Waals surface area contributed by atoms with Gasteiger partial charge in [-0.05, 0) is 24.6 Å². The summed E-state index contributed by atoms with van der Waals surface area (Å²) in [4.78, 5) is 0. The van der Waals surface area contributed by atoms with Crippen LogP contribution in [0.2, 0.25) is 0 Å². The number of benzene rings is 1. The topological polar surface area (TPSA) is 17.8 Å². The lowest BCUT2D eigenvalue weighted by Crippen LogP contribution is -1.94. The zero-order chi connectivity index (χ0) is 9.97. The van der Waals surface area contributed by atoms with Crippen molar-refractivity contribution in [2.24, 2.45) is 0 Å². The Bertz CT molecular complexity index is 420. The second-order valence-corrected chi connectivity index (χ2v) is 3.73. The van der Waals surface area contributed by atoms with Gasteiger partial charge in [-0.1, -0.05) is 34.1 Å². The Kier molecular flexibility index (Phi) is 2.68. The monoisotopic (exact) mass is 250 g/mol. The molecule has 14 heavy (non-hydrogen) atoms. The molecule has 0 aliphatic heterocycles. The van der Waals surface area contributed by atoms with Gasteiger partial charge in [0, 0.05) is 11.5 Å². The van der Waals surface area contributed by atoms with Gasteiger partial charge in [-0.15, -0.1) is 0 Å². The molecule has 72 valence electrons. The molecule has 0 unspecified atom stereocenters. The van der Waals surface area contributed by atoms with Crippen molar-refractivity contribution in [1.82, 2.24) is 9.78 Å². The fourth-order valence-electron chi connectivity index (χ4n) is 1.34. The maximum Gasteiger partial charge on any atom is 0.0763 e. The van der Waals surface area contributed by atoms with E-state index in [0.29, 0.717) is 0 Å². The zero-order valence-corrected chi connectivity index (χ0v) is 9.53. The Hall–Kier alpha value is -1.09. The highest BCUT2D eigenvalue weighted by Crippen LogP contribution is 2.13. The van der Waals surface area contributed by atoms with Gasteiger partial charge in [0.15, 0.2) is 0 Å². The molecule has 0 aliphatic rings. The fourth-order valence-corrected chi connectivity index (χ4v) is 1.90. The molecular formula is C11H11BrN2. The summed E-state index contributed by atoms with van der Waals surface area (Å²) in [7, 11) is 0. The largest absolute Gasteiger partial charge is 0.240 e. The molecule has 0 saturated heterocycles. The molecule has 0 radical (unpaired) electrons. The van der Waals surface area contributed by atoms with Gasteiger partial charge in [0.2, 0.25) is 0 Å². The van der Waals surface area contributed by atoms with Crippen LogP contribution >= 0.6 is 15.9 Å². The molecule has 0 spiro atoms. The molecule has 1 aromatic carbocycles. The number of hydrogen-bond donors (Lipinski definition) is 0. The zero-order valence-electron chi connectivity index (χ0n) is 7.94. The molecule has 2 aromatic rings. The van der Waals surface area contributed by atoms with Crippen LogP contribution in [-0.2, 0) is 5.33 Å². The average molecular weight is 251 g/mol. The maximum absolute atomic E-state index is 4.47. The van der Waals surface area contributed by atoms with Gasteiger partial charge in [0.1, 0.15) is 0 Å². The van der Waals surface area contributed by atoms with E-state index in [2.05, 4.69) is 28.0 Å². The number of halogens is 1. The molecule has 0 bridgehead atoms. The number of para-hydroxylation sites is 1. The smallest absolute Gasteiger partial charge is 0.0763 e. The summed E-state index contributed by atoms with van der Waals surface area (Å²) in [6.45, 7) is 2.07. The van der Waals surface area contributed by atoms with Crippen molar-refractivity contribution < 1.29 is 0 Å². The number of nitrogens with zero attached hydrogens (tertiary/aromatic N) is 2.